The molecule has 0 amide bonds. The van der Waals surface area contributed by atoms with Crippen LogP contribution in [0.3, 0.4) is 0 Å². The number of esters is 1. The SMILES string of the molecule is CC(=O)O[C@H]1CC[C@@]2(C)[C@@H](CC[C@H]3Cc4c([nH]c5cc6c(cc45)C4=CC(C)(C)OC(C)(C)[C@H]4C6)[C@@]32C)[C@]1(C)C=O. The van der Waals surface area contributed by atoms with Gasteiger partial charge in [-0.15, -0.1) is 0 Å². The van der Waals surface area contributed by atoms with Crippen LogP contribution < -0.4 is 0 Å². The zero-order valence-electron chi connectivity index (χ0n) is 25.5. The van der Waals surface area contributed by atoms with Gasteiger partial charge in [-0.1, -0.05) is 13.8 Å². The van der Waals surface area contributed by atoms with Gasteiger partial charge in [0.2, 0.25) is 0 Å². The molecule has 5 aliphatic rings. The van der Waals surface area contributed by atoms with Crippen molar-refractivity contribution in [1.29, 1.82) is 0 Å². The first-order valence-electron chi connectivity index (χ1n) is 15.4. The second-order valence-electron chi connectivity index (χ2n) is 15.5. The summed E-state index contributed by atoms with van der Waals surface area (Å²) in [5.41, 5.74) is 7.10. The summed E-state index contributed by atoms with van der Waals surface area (Å²) in [7, 11) is 0. The molecule has 4 aliphatic carbocycles. The van der Waals surface area contributed by atoms with E-state index in [9.17, 15) is 9.59 Å². The standard InChI is InChI=1S/C35H45NO4/c1-19(38)39-29-11-12-34(7)28(33(29,6)18-37)10-9-21-15-24-23-16-22-20(14-27(23)36-30(24)35(21,34)8)13-26-25(22)17-31(2,3)40-32(26,4)5/h14,16-18,21,26,28-29,36H,9-13,15H2,1-8H3/t21-,26-,28-,29-,33-,34-,35+/m0/s1. The van der Waals surface area contributed by atoms with Crippen molar-refractivity contribution in [3.05, 3.63) is 40.6 Å². The topological polar surface area (TPSA) is 68.4 Å². The molecule has 1 N–H and O–H groups in total. The van der Waals surface area contributed by atoms with E-state index in [-0.39, 0.29) is 40.0 Å². The van der Waals surface area contributed by atoms with Crippen LogP contribution in [0.4, 0.5) is 0 Å². The molecule has 0 spiro atoms. The lowest BCUT2D eigenvalue weighted by molar-refractivity contribution is -0.186. The molecule has 2 saturated carbocycles. The Labute approximate surface area is 238 Å². The molecule has 0 unspecified atom stereocenters. The molecule has 2 heterocycles. The molecule has 0 saturated heterocycles. The van der Waals surface area contributed by atoms with Crippen LogP contribution in [-0.2, 0) is 37.3 Å². The minimum atomic E-state index is -0.674. The van der Waals surface area contributed by atoms with E-state index >= 15 is 0 Å². The van der Waals surface area contributed by atoms with Crippen LogP contribution in [0.1, 0.15) is 103 Å². The number of aromatic nitrogens is 1. The van der Waals surface area contributed by atoms with E-state index < -0.39 is 5.41 Å². The highest BCUT2D eigenvalue weighted by atomic mass is 16.5. The minimum Gasteiger partial charge on any atom is -0.462 e. The van der Waals surface area contributed by atoms with Crippen LogP contribution in [0.25, 0.3) is 16.5 Å². The second kappa shape index (κ2) is 7.91. The lowest BCUT2D eigenvalue weighted by Gasteiger charge is -2.63. The fourth-order valence-electron chi connectivity index (χ4n) is 10.7. The van der Waals surface area contributed by atoms with Crippen LogP contribution in [0.5, 0.6) is 0 Å². The number of carbonyl (C=O) groups excluding carboxylic acids is 2. The van der Waals surface area contributed by atoms with Gasteiger partial charge in [0, 0.05) is 34.9 Å². The number of aromatic amines is 1. The van der Waals surface area contributed by atoms with Gasteiger partial charge in [0.15, 0.2) is 0 Å². The summed E-state index contributed by atoms with van der Waals surface area (Å²) in [5, 5.41) is 1.37. The van der Waals surface area contributed by atoms with E-state index in [1.807, 2.05) is 6.92 Å². The quantitative estimate of drug-likeness (QED) is 0.324. The van der Waals surface area contributed by atoms with Crippen molar-refractivity contribution in [3.8, 4) is 0 Å². The van der Waals surface area contributed by atoms with E-state index in [4.69, 9.17) is 9.47 Å². The second-order valence-corrected chi connectivity index (χ2v) is 15.5. The highest BCUT2D eigenvalue weighted by molar-refractivity contribution is 5.92. The van der Waals surface area contributed by atoms with Gasteiger partial charge in [0.05, 0.1) is 16.6 Å². The number of carbonyl (C=O) groups is 2. The average molecular weight is 544 g/mol. The maximum Gasteiger partial charge on any atom is 0.302 e. The summed E-state index contributed by atoms with van der Waals surface area (Å²) < 4.78 is 12.3. The molecule has 1 aromatic carbocycles. The van der Waals surface area contributed by atoms with Crippen molar-refractivity contribution in [2.75, 3.05) is 0 Å². The zero-order valence-corrected chi connectivity index (χ0v) is 25.5. The molecule has 7 rings (SSSR count). The third-order valence-electron chi connectivity index (χ3n) is 12.6. The number of benzene rings is 1. The fraction of sp³-hybridized carbons (Fsp3) is 0.657. The summed E-state index contributed by atoms with van der Waals surface area (Å²) >= 11 is 0. The zero-order chi connectivity index (χ0) is 28.6. The molecular weight excluding hydrogens is 498 g/mol. The molecule has 1 aliphatic heterocycles. The molecule has 214 valence electrons. The molecule has 40 heavy (non-hydrogen) atoms. The van der Waals surface area contributed by atoms with Crippen molar-refractivity contribution < 1.29 is 19.1 Å². The van der Waals surface area contributed by atoms with Gasteiger partial charge in [-0.3, -0.25) is 4.79 Å². The summed E-state index contributed by atoms with van der Waals surface area (Å²) in [6, 6.07) is 4.90. The third-order valence-corrected chi connectivity index (χ3v) is 12.6. The fourth-order valence-corrected chi connectivity index (χ4v) is 10.7. The Bertz CT molecular complexity index is 1490. The van der Waals surface area contributed by atoms with E-state index in [1.54, 1.807) is 0 Å². The van der Waals surface area contributed by atoms with Gasteiger partial charge in [0.25, 0.3) is 0 Å². The number of ether oxygens (including phenoxy) is 2. The van der Waals surface area contributed by atoms with Crippen molar-refractivity contribution in [1.82, 2.24) is 4.98 Å². The maximum atomic E-state index is 12.8. The largest absolute Gasteiger partial charge is 0.462 e. The highest BCUT2D eigenvalue weighted by Gasteiger charge is 2.67. The van der Waals surface area contributed by atoms with Crippen molar-refractivity contribution in [2.45, 2.75) is 117 Å². The molecular formula is C35H45NO4. The van der Waals surface area contributed by atoms with Crippen LogP contribution in [0.2, 0.25) is 0 Å². The summed E-state index contributed by atoms with van der Waals surface area (Å²) in [6.07, 6.45) is 9.00. The number of fused-ring (bicyclic) bond motifs is 10. The predicted molar refractivity (Wildman–Crippen MR) is 157 cm³/mol. The van der Waals surface area contributed by atoms with E-state index in [1.165, 1.54) is 45.8 Å². The van der Waals surface area contributed by atoms with Crippen LogP contribution >= 0.6 is 0 Å². The smallest absolute Gasteiger partial charge is 0.302 e. The summed E-state index contributed by atoms with van der Waals surface area (Å²) in [5.74, 6) is 0.795. The number of aldehydes is 1. The Hall–Kier alpha value is -2.40. The first-order chi connectivity index (χ1) is 18.6. The average Bonchev–Trinajstić information content (AvgIpc) is 3.48. The van der Waals surface area contributed by atoms with Gasteiger partial charge in [-0.25, -0.2) is 0 Å². The summed E-state index contributed by atoms with van der Waals surface area (Å²) in [4.78, 5) is 28.7. The predicted octanol–water partition coefficient (Wildman–Crippen LogP) is 7.09. The van der Waals surface area contributed by atoms with E-state index in [0.29, 0.717) is 11.8 Å². The lowest BCUT2D eigenvalue weighted by atomic mass is 9.41. The van der Waals surface area contributed by atoms with E-state index in [0.717, 1.165) is 44.8 Å². The number of rotatable bonds is 2. The number of H-pyrrole nitrogens is 1. The molecule has 2 fully saturated rings. The van der Waals surface area contributed by atoms with Gasteiger partial charge < -0.3 is 19.3 Å². The third kappa shape index (κ3) is 3.19. The molecule has 5 nitrogen and oxygen atoms in total. The molecule has 1 aromatic heterocycles. The lowest BCUT2D eigenvalue weighted by Crippen LogP contribution is -2.63. The van der Waals surface area contributed by atoms with Crippen molar-refractivity contribution in [3.63, 3.8) is 0 Å². The summed E-state index contributed by atoms with van der Waals surface area (Å²) in [6.45, 7) is 17.2. The van der Waals surface area contributed by atoms with Crippen molar-refractivity contribution in [2.24, 2.45) is 28.6 Å². The van der Waals surface area contributed by atoms with Gasteiger partial charge in [0.1, 0.15) is 12.4 Å². The molecule has 5 heteroatoms. The Kier molecular flexibility index (Phi) is 5.24. The van der Waals surface area contributed by atoms with Crippen LogP contribution in [0, 0.1) is 28.6 Å². The van der Waals surface area contributed by atoms with E-state index in [2.05, 4.69) is 64.7 Å². The highest BCUT2D eigenvalue weighted by Crippen LogP contribution is 2.69. The Morgan fingerprint density at radius 1 is 1.05 bits per heavy atom. The Morgan fingerprint density at radius 3 is 2.50 bits per heavy atom. The molecule has 2 aromatic rings. The first kappa shape index (κ1) is 26.5. The number of hydrogen-bond acceptors (Lipinski definition) is 4. The first-order valence-corrected chi connectivity index (χ1v) is 15.4. The van der Waals surface area contributed by atoms with Crippen LogP contribution in [-0.4, -0.2) is 34.5 Å². The molecule has 0 bridgehead atoms. The van der Waals surface area contributed by atoms with Gasteiger partial charge in [-0.2, -0.15) is 0 Å². The molecule has 7 atom stereocenters. The monoisotopic (exact) mass is 543 g/mol. The Morgan fingerprint density at radius 2 is 1.80 bits per heavy atom. The molecule has 0 radical (unpaired) electrons. The number of hydrogen-bond donors (Lipinski definition) is 1. The normalized spacial score (nSPS) is 40.4. The van der Waals surface area contributed by atoms with Gasteiger partial charge in [-0.05, 0) is 131 Å². The Balaban J connectivity index is 1.34. The number of nitrogens with one attached hydrogen (secondary N) is 1. The van der Waals surface area contributed by atoms with Gasteiger partial charge >= 0.3 is 5.97 Å². The van der Waals surface area contributed by atoms with Crippen LogP contribution in [0.15, 0.2) is 18.2 Å². The van der Waals surface area contributed by atoms with Crippen molar-refractivity contribution >= 4 is 28.7 Å². The maximum absolute atomic E-state index is 12.8. The minimum absolute atomic E-state index is 0.0648.